The van der Waals surface area contributed by atoms with Crippen molar-refractivity contribution in [2.45, 2.75) is 45.3 Å². The lowest BCUT2D eigenvalue weighted by atomic mass is 9.90. The van der Waals surface area contributed by atoms with Crippen molar-refractivity contribution < 1.29 is 14.3 Å². The minimum Gasteiger partial charge on any atom is -0.428 e. The number of benzene rings is 1. The van der Waals surface area contributed by atoms with Crippen molar-refractivity contribution in [1.82, 2.24) is 5.32 Å². The van der Waals surface area contributed by atoms with Crippen LogP contribution in [0.25, 0.3) is 0 Å². The Labute approximate surface area is 133 Å². The number of nitrogens with two attached hydrogens (primary N) is 1. The molecular weight excluding hydrogens is 336 g/mol. The highest BCUT2D eigenvalue weighted by Crippen LogP contribution is 2.30. The Kier molecular flexibility index (Phi) is 5.39. The number of halogens is 1. The van der Waals surface area contributed by atoms with Gasteiger partial charge in [0.05, 0.1) is 0 Å². The molecule has 0 radical (unpaired) electrons. The van der Waals surface area contributed by atoms with Crippen molar-refractivity contribution >= 4 is 27.9 Å². The van der Waals surface area contributed by atoms with Gasteiger partial charge in [-0.05, 0) is 39.3 Å². The molecular formula is C15H21BrN2O3. The van der Waals surface area contributed by atoms with Crippen LogP contribution >= 0.6 is 15.9 Å². The molecule has 0 saturated heterocycles. The van der Waals surface area contributed by atoms with Gasteiger partial charge in [-0.1, -0.05) is 35.0 Å². The SMILES string of the molecule is CCC(OC(=O)NC(C)(C)C)(C(N)=O)c1ccc(Br)cc1. The molecule has 6 heteroatoms. The fourth-order valence-electron chi connectivity index (χ4n) is 1.91. The molecule has 2 amide bonds. The maximum Gasteiger partial charge on any atom is 0.408 e. The highest BCUT2D eigenvalue weighted by atomic mass is 79.9. The minimum absolute atomic E-state index is 0.252. The fourth-order valence-corrected chi connectivity index (χ4v) is 2.18. The third kappa shape index (κ3) is 4.46. The van der Waals surface area contributed by atoms with Crippen molar-refractivity contribution in [1.29, 1.82) is 0 Å². The average molecular weight is 357 g/mol. The Morgan fingerprint density at radius 2 is 1.76 bits per heavy atom. The second-order valence-corrected chi connectivity index (χ2v) is 6.73. The van der Waals surface area contributed by atoms with Crippen molar-refractivity contribution in [2.75, 3.05) is 0 Å². The molecule has 0 bridgehead atoms. The number of carbonyl (C=O) groups excluding carboxylic acids is 2. The van der Waals surface area contributed by atoms with Crippen LogP contribution in [0.2, 0.25) is 0 Å². The highest BCUT2D eigenvalue weighted by Gasteiger charge is 2.41. The Hall–Kier alpha value is -1.56. The predicted molar refractivity (Wildman–Crippen MR) is 84.7 cm³/mol. The summed E-state index contributed by atoms with van der Waals surface area (Å²) < 4.78 is 6.27. The first kappa shape index (κ1) is 17.5. The zero-order valence-corrected chi connectivity index (χ0v) is 14.3. The number of amides is 2. The van der Waals surface area contributed by atoms with Gasteiger partial charge in [0.25, 0.3) is 5.91 Å². The van der Waals surface area contributed by atoms with Crippen molar-refractivity contribution in [3.05, 3.63) is 34.3 Å². The highest BCUT2D eigenvalue weighted by molar-refractivity contribution is 9.10. The minimum atomic E-state index is -1.48. The Morgan fingerprint density at radius 1 is 1.24 bits per heavy atom. The zero-order chi connectivity index (χ0) is 16.3. The van der Waals surface area contributed by atoms with Crippen LogP contribution in [0, 0.1) is 0 Å². The smallest absolute Gasteiger partial charge is 0.408 e. The molecule has 1 aromatic carbocycles. The third-order valence-corrected chi connectivity index (χ3v) is 3.48. The summed E-state index contributed by atoms with van der Waals surface area (Å²) in [6.07, 6.45) is -0.423. The summed E-state index contributed by atoms with van der Waals surface area (Å²) in [5, 5.41) is 2.67. The predicted octanol–water partition coefficient (Wildman–Crippen LogP) is 3.06. The molecule has 1 aromatic rings. The number of carbonyl (C=O) groups is 2. The summed E-state index contributed by atoms with van der Waals surface area (Å²) in [7, 11) is 0. The van der Waals surface area contributed by atoms with Crippen LogP contribution in [0.4, 0.5) is 4.79 Å². The maximum atomic E-state index is 12.0. The number of rotatable bonds is 4. The van der Waals surface area contributed by atoms with Crippen molar-refractivity contribution in [3.8, 4) is 0 Å². The number of hydrogen-bond donors (Lipinski definition) is 2. The van der Waals surface area contributed by atoms with Gasteiger partial charge in [-0.3, -0.25) is 4.79 Å². The van der Waals surface area contributed by atoms with Gasteiger partial charge in [0.1, 0.15) is 0 Å². The molecule has 0 fully saturated rings. The molecule has 0 aliphatic heterocycles. The lowest BCUT2D eigenvalue weighted by Gasteiger charge is -2.31. The zero-order valence-electron chi connectivity index (χ0n) is 12.7. The summed E-state index contributed by atoms with van der Waals surface area (Å²) in [6, 6.07) is 6.97. The number of alkyl carbamates (subject to hydrolysis) is 1. The first-order chi connectivity index (χ1) is 9.60. The van der Waals surface area contributed by atoms with E-state index in [1.54, 1.807) is 31.2 Å². The molecule has 116 valence electrons. The molecule has 5 nitrogen and oxygen atoms in total. The molecule has 1 atom stereocenters. The van der Waals surface area contributed by atoms with Gasteiger partial charge in [0, 0.05) is 15.6 Å². The summed E-state index contributed by atoms with van der Waals surface area (Å²) in [5.74, 6) is -0.698. The number of nitrogens with one attached hydrogen (secondary N) is 1. The van der Waals surface area contributed by atoms with Gasteiger partial charge in [-0.2, -0.15) is 0 Å². The number of primary amides is 1. The molecule has 1 unspecified atom stereocenters. The largest absolute Gasteiger partial charge is 0.428 e. The molecule has 0 aromatic heterocycles. The normalized spacial score (nSPS) is 14.1. The second-order valence-electron chi connectivity index (χ2n) is 5.82. The monoisotopic (exact) mass is 356 g/mol. The molecule has 1 rings (SSSR count). The van der Waals surface area contributed by atoms with Crippen LogP contribution in [0.1, 0.15) is 39.7 Å². The van der Waals surface area contributed by atoms with E-state index < -0.39 is 23.1 Å². The Bertz CT molecular complexity index is 523. The van der Waals surface area contributed by atoms with Crippen LogP contribution in [-0.4, -0.2) is 17.5 Å². The van der Waals surface area contributed by atoms with E-state index in [-0.39, 0.29) is 6.42 Å². The fraction of sp³-hybridized carbons (Fsp3) is 0.467. The van der Waals surface area contributed by atoms with Gasteiger partial charge < -0.3 is 15.8 Å². The summed E-state index contributed by atoms with van der Waals surface area (Å²) in [6.45, 7) is 7.22. The van der Waals surface area contributed by atoms with E-state index in [9.17, 15) is 9.59 Å². The Morgan fingerprint density at radius 3 is 2.14 bits per heavy atom. The Balaban J connectivity index is 3.13. The molecule has 0 spiro atoms. The molecule has 0 heterocycles. The topological polar surface area (TPSA) is 81.4 Å². The van der Waals surface area contributed by atoms with Gasteiger partial charge in [0.15, 0.2) is 0 Å². The summed E-state index contributed by atoms with van der Waals surface area (Å²) in [4.78, 5) is 24.0. The standard InChI is InChI=1S/C15H21BrN2O3/c1-5-15(12(17)19,10-6-8-11(16)9-7-10)21-13(20)18-14(2,3)4/h6-9H,5H2,1-4H3,(H2,17,19)(H,18,20). The van der Waals surface area contributed by atoms with E-state index in [1.807, 2.05) is 20.8 Å². The summed E-state index contributed by atoms with van der Waals surface area (Å²) >= 11 is 3.33. The van der Waals surface area contributed by atoms with E-state index in [4.69, 9.17) is 10.5 Å². The third-order valence-electron chi connectivity index (χ3n) is 2.95. The van der Waals surface area contributed by atoms with Crippen molar-refractivity contribution in [3.63, 3.8) is 0 Å². The van der Waals surface area contributed by atoms with Gasteiger partial charge >= 0.3 is 6.09 Å². The lowest BCUT2D eigenvalue weighted by molar-refractivity contribution is -0.138. The maximum absolute atomic E-state index is 12.0. The van der Waals surface area contributed by atoms with Crippen LogP contribution in [0.5, 0.6) is 0 Å². The first-order valence-electron chi connectivity index (χ1n) is 6.68. The molecule has 21 heavy (non-hydrogen) atoms. The van der Waals surface area contributed by atoms with E-state index in [1.165, 1.54) is 0 Å². The van der Waals surface area contributed by atoms with Gasteiger partial charge in [-0.25, -0.2) is 4.79 Å². The van der Waals surface area contributed by atoms with E-state index >= 15 is 0 Å². The number of ether oxygens (including phenoxy) is 1. The van der Waals surface area contributed by atoms with Crippen LogP contribution < -0.4 is 11.1 Å². The van der Waals surface area contributed by atoms with Gasteiger partial charge in [0.2, 0.25) is 5.60 Å². The van der Waals surface area contributed by atoms with Crippen molar-refractivity contribution in [2.24, 2.45) is 5.73 Å². The molecule has 0 saturated carbocycles. The summed E-state index contributed by atoms with van der Waals surface area (Å²) in [5.41, 5.74) is 4.11. The van der Waals surface area contributed by atoms with Gasteiger partial charge in [-0.15, -0.1) is 0 Å². The molecule has 3 N–H and O–H groups in total. The number of hydrogen-bond acceptors (Lipinski definition) is 3. The van der Waals surface area contributed by atoms with Crippen LogP contribution in [-0.2, 0) is 15.1 Å². The molecule has 0 aliphatic rings. The van der Waals surface area contributed by atoms with Crippen LogP contribution in [0.3, 0.4) is 0 Å². The quantitative estimate of drug-likeness (QED) is 0.869. The van der Waals surface area contributed by atoms with Crippen LogP contribution in [0.15, 0.2) is 28.7 Å². The first-order valence-corrected chi connectivity index (χ1v) is 7.47. The van der Waals surface area contributed by atoms with E-state index in [0.29, 0.717) is 5.56 Å². The second kappa shape index (κ2) is 6.47. The van der Waals surface area contributed by atoms with E-state index in [0.717, 1.165) is 4.47 Å². The van der Waals surface area contributed by atoms with E-state index in [2.05, 4.69) is 21.2 Å². The average Bonchev–Trinajstić information content (AvgIpc) is 2.34. The lowest BCUT2D eigenvalue weighted by Crippen LogP contribution is -2.49. The molecule has 0 aliphatic carbocycles.